The molecule has 5 heteroatoms. The van der Waals surface area contributed by atoms with Crippen molar-refractivity contribution in [3.8, 4) is 0 Å². The highest BCUT2D eigenvalue weighted by atomic mass is 35.5. The molecule has 0 saturated carbocycles. The van der Waals surface area contributed by atoms with Crippen molar-refractivity contribution in [2.75, 3.05) is 0 Å². The Labute approximate surface area is 127 Å². The first-order valence-electron chi connectivity index (χ1n) is 5.95. The van der Waals surface area contributed by atoms with E-state index in [2.05, 4.69) is 10.5 Å². The van der Waals surface area contributed by atoms with Crippen molar-refractivity contribution >= 4 is 35.3 Å². The van der Waals surface area contributed by atoms with Gasteiger partial charge in [-0.3, -0.25) is 4.79 Å². The van der Waals surface area contributed by atoms with Crippen LogP contribution in [-0.2, 0) is 11.2 Å². The second-order valence-corrected chi connectivity index (χ2v) is 5.02. The summed E-state index contributed by atoms with van der Waals surface area (Å²) in [6, 6.07) is 14.3. The number of rotatable bonds is 4. The minimum atomic E-state index is -0.183. The molecule has 0 aliphatic rings. The molecule has 0 aliphatic heterocycles. The molecule has 0 fully saturated rings. The molecule has 0 bridgehead atoms. The van der Waals surface area contributed by atoms with E-state index in [0.717, 1.165) is 11.1 Å². The molecule has 0 spiro atoms. The predicted octanol–water partition coefficient (Wildman–Crippen LogP) is 3.69. The predicted molar refractivity (Wildman–Crippen MR) is 82.3 cm³/mol. The minimum absolute atomic E-state index is 0.183. The first-order valence-corrected chi connectivity index (χ1v) is 6.71. The summed E-state index contributed by atoms with van der Waals surface area (Å²) in [5.74, 6) is -0.183. The van der Waals surface area contributed by atoms with E-state index < -0.39 is 0 Å². The number of carbonyl (C=O) groups is 1. The topological polar surface area (TPSA) is 41.5 Å². The van der Waals surface area contributed by atoms with Crippen LogP contribution in [0.4, 0.5) is 0 Å². The maximum Gasteiger partial charge on any atom is 0.244 e. The second-order valence-electron chi connectivity index (χ2n) is 4.15. The number of hydrogen-bond donors (Lipinski definition) is 1. The van der Waals surface area contributed by atoms with E-state index in [9.17, 15) is 4.79 Å². The lowest BCUT2D eigenvalue weighted by molar-refractivity contribution is -0.120. The lowest BCUT2D eigenvalue weighted by Crippen LogP contribution is -2.19. The van der Waals surface area contributed by atoms with Crippen molar-refractivity contribution in [3.05, 3.63) is 69.7 Å². The van der Waals surface area contributed by atoms with Crippen LogP contribution in [-0.4, -0.2) is 12.1 Å². The van der Waals surface area contributed by atoms with Crippen molar-refractivity contribution < 1.29 is 4.79 Å². The highest BCUT2D eigenvalue weighted by Gasteiger charge is 2.01. The van der Waals surface area contributed by atoms with E-state index in [4.69, 9.17) is 23.2 Å². The minimum Gasteiger partial charge on any atom is -0.273 e. The van der Waals surface area contributed by atoms with E-state index in [1.54, 1.807) is 30.5 Å². The van der Waals surface area contributed by atoms with Gasteiger partial charge in [-0.15, -0.1) is 0 Å². The Bertz CT molecular complexity index is 607. The smallest absolute Gasteiger partial charge is 0.244 e. The van der Waals surface area contributed by atoms with Crippen molar-refractivity contribution in [1.82, 2.24) is 5.43 Å². The van der Waals surface area contributed by atoms with Gasteiger partial charge in [0.2, 0.25) is 5.91 Å². The van der Waals surface area contributed by atoms with Crippen molar-refractivity contribution in [1.29, 1.82) is 0 Å². The van der Waals surface area contributed by atoms with E-state index in [1.165, 1.54) is 0 Å². The lowest BCUT2D eigenvalue weighted by Gasteiger charge is -2.00. The number of halogens is 2. The summed E-state index contributed by atoms with van der Waals surface area (Å²) >= 11 is 11.6. The number of amides is 1. The van der Waals surface area contributed by atoms with Crippen LogP contribution in [0.1, 0.15) is 11.1 Å². The Morgan fingerprint density at radius 2 is 1.55 bits per heavy atom. The Balaban J connectivity index is 1.85. The Kier molecular flexibility index (Phi) is 5.16. The summed E-state index contributed by atoms with van der Waals surface area (Å²) in [5, 5.41) is 5.20. The summed E-state index contributed by atoms with van der Waals surface area (Å²) in [6.07, 6.45) is 1.82. The summed E-state index contributed by atoms with van der Waals surface area (Å²) in [6.45, 7) is 0. The third-order valence-electron chi connectivity index (χ3n) is 2.55. The van der Waals surface area contributed by atoms with Crippen LogP contribution in [0.5, 0.6) is 0 Å². The summed E-state index contributed by atoms with van der Waals surface area (Å²) in [4.78, 5) is 11.7. The number of carbonyl (C=O) groups excluding carboxylic acids is 1. The van der Waals surface area contributed by atoms with Gasteiger partial charge in [-0.2, -0.15) is 5.10 Å². The Morgan fingerprint density at radius 1 is 1.00 bits per heavy atom. The fourth-order valence-electron chi connectivity index (χ4n) is 1.55. The Hall–Kier alpha value is -1.84. The van der Waals surface area contributed by atoms with Gasteiger partial charge in [0.25, 0.3) is 0 Å². The Morgan fingerprint density at radius 3 is 2.15 bits per heavy atom. The van der Waals surface area contributed by atoms with E-state index in [0.29, 0.717) is 10.0 Å². The number of hydrazone groups is 1. The zero-order valence-electron chi connectivity index (χ0n) is 10.5. The molecule has 1 N–H and O–H groups in total. The molecule has 3 nitrogen and oxygen atoms in total. The first kappa shape index (κ1) is 14.6. The highest BCUT2D eigenvalue weighted by molar-refractivity contribution is 6.30. The van der Waals surface area contributed by atoms with Crippen LogP contribution < -0.4 is 5.43 Å². The molecule has 2 aromatic rings. The average Bonchev–Trinajstić information content (AvgIpc) is 2.44. The van der Waals surface area contributed by atoms with Crippen molar-refractivity contribution in [3.63, 3.8) is 0 Å². The van der Waals surface area contributed by atoms with E-state index in [-0.39, 0.29) is 12.3 Å². The summed E-state index contributed by atoms with van der Waals surface area (Å²) in [5.41, 5.74) is 4.22. The SMILES string of the molecule is O=C(Cc1ccc(Cl)cc1)N/N=C/c1ccc(Cl)cc1. The van der Waals surface area contributed by atoms with Crippen LogP contribution in [0.15, 0.2) is 53.6 Å². The standard InChI is InChI=1S/C15H12Cl2N2O/c16-13-5-1-11(2-6-13)9-15(20)19-18-10-12-3-7-14(17)8-4-12/h1-8,10H,9H2,(H,19,20)/b18-10+. The number of nitrogens with one attached hydrogen (secondary N) is 1. The van der Waals surface area contributed by atoms with Crippen molar-refractivity contribution in [2.45, 2.75) is 6.42 Å². The zero-order valence-corrected chi connectivity index (χ0v) is 12.0. The third-order valence-corrected chi connectivity index (χ3v) is 3.05. The van der Waals surface area contributed by atoms with E-state index in [1.807, 2.05) is 24.3 Å². The molecule has 1 amide bonds. The molecule has 20 heavy (non-hydrogen) atoms. The highest BCUT2D eigenvalue weighted by Crippen LogP contribution is 2.10. The molecule has 0 radical (unpaired) electrons. The van der Waals surface area contributed by atoms with Gasteiger partial charge in [-0.1, -0.05) is 47.5 Å². The molecule has 0 unspecified atom stereocenters. The normalized spacial score (nSPS) is 10.7. The van der Waals surface area contributed by atoms with Gasteiger partial charge in [0.1, 0.15) is 0 Å². The molecule has 102 valence electrons. The molecule has 0 atom stereocenters. The molecule has 0 heterocycles. The molecule has 0 aliphatic carbocycles. The number of benzene rings is 2. The molecule has 0 aromatic heterocycles. The molecular weight excluding hydrogens is 295 g/mol. The van der Waals surface area contributed by atoms with Gasteiger partial charge in [0.05, 0.1) is 12.6 Å². The molecular formula is C15H12Cl2N2O. The van der Waals surface area contributed by atoms with Crippen molar-refractivity contribution in [2.24, 2.45) is 5.10 Å². The quantitative estimate of drug-likeness (QED) is 0.679. The largest absolute Gasteiger partial charge is 0.273 e. The maximum absolute atomic E-state index is 11.7. The summed E-state index contributed by atoms with van der Waals surface area (Å²) in [7, 11) is 0. The first-order chi connectivity index (χ1) is 9.63. The van der Waals surface area contributed by atoms with Crippen LogP contribution in [0, 0.1) is 0 Å². The van der Waals surface area contributed by atoms with Crippen LogP contribution in [0.3, 0.4) is 0 Å². The molecule has 0 saturated heterocycles. The lowest BCUT2D eigenvalue weighted by atomic mass is 10.1. The molecule has 2 rings (SSSR count). The second kappa shape index (κ2) is 7.08. The summed E-state index contributed by atoms with van der Waals surface area (Å²) < 4.78 is 0. The zero-order chi connectivity index (χ0) is 14.4. The van der Waals surface area contributed by atoms with Crippen LogP contribution >= 0.6 is 23.2 Å². The fourth-order valence-corrected chi connectivity index (χ4v) is 1.81. The fraction of sp³-hybridized carbons (Fsp3) is 0.0667. The average molecular weight is 307 g/mol. The van der Waals surface area contributed by atoms with Crippen LogP contribution in [0.25, 0.3) is 0 Å². The van der Waals surface area contributed by atoms with Crippen LogP contribution in [0.2, 0.25) is 10.0 Å². The van der Waals surface area contributed by atoms with Gasteiger partial charge in [0.15, 0.2) is 0 Å². The van der Waals surface area contributed by atoms with Gasteiger partial charge in [0, 0.05) is 10.0 Å². The number of nitrogens with zero attached hydrogens (tertiary/aromatic N) is 1. The maximum atomic E-state index is 11.7. The number of hydrogen-bond acceptors (Lipinski definition) is 2. The van der Waals surface area contributed by atoms with Gasteiger partial charge in [-0.25, -0.2) is 5.43 Å². The van der Waals surface area contributed by atoms with Gasteiger partial charge >= 0.3 is 0 Å². The third kappa shape index (κ3) is 4.68. The molecule has 2 aromatic carbocycles. The van der Waals surface area contributed by atoms with E-state index >= 15 is 0 Å². The van der Waals surface area contributed by atoms with Gasteiger partial charge < -0.3 is 0 Å². The monoisotopic (exact) mass is 306 g/mol. The van der Waals surface area contributed by atoms with Gasteiger partial charge in [-0.05, 0) is 35.4 Å².